The molecule has 2 unspecified atom stereocenters. The van der Waals surface area contributed by atoms with Crippen molar-refractivity contribution in [1.82, 2.24) is 0 Å². The van der Waals surface area contributed by atoms with Gasteiger partial charge >= 0.3 is 0 Å². The minimum absolute atomic E-state index is 0.213. The number of hydrogen-bond acceptors (Lipinski definition) is 5. The molecule has 98 valence electrons. The first-order valence-corrected chi connectivity index (χ1v) is 6.00. The Labute approximate surface area is 101 Å². The summed E-state index contributed by atoms with van der Waals surface area (Å²) in [5, 5.41) is 0. The SMILES string of the molecule is COC1(OC)C2COCC1CC(COC=O)C2. The number of carbonyl (C=O) groups excluding carboxylic acids is 1. The predicted molar refractivity (Wildman–Crippen MR) is 59.3 cm³/mol. The van der Waals surface area contributed by atoms with Crippen LogP contribution in [0.15, 0.2) is 0 Å². The molecule has 5 heteroatoms. The maximum atomic E-state index is 10.2. The van der Waals surface area contributed by atoms with Gasteiger partial charge in [0.05, 0.1) is 19.8 Å². The van der Waals surface area contributed by atoms with E-state index in [9.17, 15) is 4.79 Å². The van der Waals surface area contributed by atoms with E-state index in [0.29, 0.717) is 32.2 Å². The Balaban J connectivity index is 2.07. The van der Waals surface area contributed by atoms with Crippen molar-refractivity contribution in [1.29, 1.82) is 0 Å². The van der Waals surface area contributed by atoms with E-state index < -0.39 is 5.79 Å². The Morgan fingerprint density at radius 1 is 1.24 bits per heavy atom. The van der Waals surface area contributed by atoms with E-state index in [1.54, 1.807) is 14.2 Å². The molecule has 0 spiro atoms. The molecule has 17 heavy (non-hydrogen) atoms. The number of methoxy groups -OCH3 is 2. The monoisotopic (exact) mass is 244 g/mol. The quantitative estimate of drug-likeness (QED) is 0.529. The van der Waals surface area contributed by atoms with Crippen molar-refractivity contribution in [3.8, 4) is 0 Å². The number of fused-ring (bicyclic) bond motifs is 2. The molecule has 2 fully saturated rings. The summed E-state index contributed by atoms with van der Waals surface area (Å²) in [4.78, 5) is 10.2. The lowest BCUT2D eigenvalue weighted by Crippen LogP contribution is -2.59. The topological polar surface area (TPSA) is 54.0 Å². The van der Waals surface area contributed by atoms with Crippen molar-refractivity contribution in [3.05, 3.63) is 0 Å². The predicted octanol–water partition coefficient (Wildman–Crippen LogP) is 0.821. The summed E-state index contributed by atoms with van der Waals surface area (Å²) < 4.78 is 21.7. The van der Waals surface area contributed by atoms with Crippen LogP contribution in [0.1, 0.15) is 12.8 Å². The Kier molecular flexibility index (Phi) is 4.01. The summed E-state index contributed by atoms with van der Waals surface area (Å²) in [6, 6.07) is 0. The molecular weight excluding hydrogens is 224 g/mol. The highest BCUT2D eigenvalue weighted by Crippen LogP contribution is 2.46. The highest BCUT2D eigenvalue weighted by Gasteiger charge is 2.53. The third-order valence-corrected chi connectivity index (χ3v) is 4.05. The molecule has 1 saturated heterocycles. The van der Waals surface area contributed by atoms with E-state index >= 15 is 0 Å². The lowest BCUT2D eigenvalue weighted by atomic mass is 9.69. The van der Waals surface area contributed by atoms with Crippen LogP contribution in [0.5, 0.6) is 0 Å². The highest BCUT2D eigenvalue weighted by molar-refractivity contribution is 5.36. The fraction of sp³-hybridized carbons (Fsp3) is 0.917. The number of carbonyl (C=O) groups is 1. The molecule has 2 atom stereocenters. The van der Waals surface area contributed by atoms with Gasteiger partial charge < -0.3 is 18.9 Å². The van der Waals surface area contributed by atoms with Crippen LogP contribution in [0.4, 0.5) is 0 Å². The molecule has 0 N–H and O–H groups in total. The van der Waals surface area contributed by atoms with Crippen LogP contribution in [0.25, 0.3) is 0 Å². The first-order valence-electron chi connectivity index (χ1n) is 6.00. The van der Waals surface area contributed by atoms with Crippen molar-refractivity contribution < 1.29 is 23.7 Å². The molecule has 1 saturated carbocycles. The largest absolute Gasteiger partial charge is 0.468 e. The van der Waals surface area contributed by atoms with Crippen LogP contribution in [0.3, 0.4) is 0 Å². The minimum atomic E-state index is -0.518. The van der Waals surface area contributed by atoms with Gasteiger partial charge in [0.1, 0.15) is 0 Å². The number of hydrogen-bond donors (Lipinski definition) is 0. The summed E-state index contributed by atoms with van der Waals surface area (Å²) in [7, 11) is 3.38. The molecule has 5 nitrogen and oxygen atoms in total. The maximum absolute atomic E-state index is 10.2. The molecular formula is C12H20O5. The highest BCUT2D eigenvalue weighted by atomic mass is 16.7. The molecule has 0 radical (unpaired) electrons. The zero-order valence-corrected chi connectivity index (χ0v) is 10.4. The van der Waals surface area contributed by atoms with Crippen LogP contribution >= 0.6 is 0 Å². The fourth-order valence-electron chi connectivity index (χ4n) is 3.35. The Hall–Kier alpha value is -0.650. The van der Waals surface area contributed by atoms with Gasteiger partial charge in [-0.2, -0.15) is 0 Å². The van der Waals surface area contributed by atoms with Gasteiger partial charge in [-0.1, -0.05) is 0 Å². The summed E-state index contributed by atoms with van der Waals surface area (Å²) >= 11 is 0. The average molecular weight is 244 g/mol. The fourth-order valence-corrected chi connectivity index (χ4v) is 3.35. The first kappa shape index (κ1) is 12.8. The van der Waals surface area contributed by atoms with E-state index in [2.05, 4.69) is 0 Å². The van der Waals surface area contributed by atoms with E-state index in [0.717, 1.165) is 12.8 Å². The zero-order valence-electron chi connectivity index (χ0n) is 10.4. The van der Waals surface area contributed by atoms with Gasteiger partial charge in [0.25, 0.3) is 6.47 Å². The third kappa shape index (κ3) is 2.19. The van der Waals surface area contributed by atoms with Crippen molar-refractivity contribution in [2.75, 3.05) is 34.0 Å². The molecule has 2 bridgehead atoms. The molecule has 1 aliphatic carbocycles. The van der Waals surface area contributed by atoms with E-state index in [4.69, 9.17) is 18.9 Å². The van der Waals surface area contributed by atoms with Gasteiger partial charge in [0.15, 0.2) is 5.79 Å². The summed E-state index contributed by atoms with van der Waals surface area (Å²) in [6.07, 6.45) is 1.82. The Bertz CT molecular complexity index is 248. The van der Waals surface area contributed by atoms with Gasteiger partial charge in [0, 0.05) is 26.1 Å². The normalized spacial score (nSPS) is 35.3. The van der Waals surface area contributed by atoms with Crippen LogP contribution in [0, 0.1) is 17.8 Å². The van der Waals surface area contributed by atoms with Crippen molar-refractivity contribution in [3.63, 3.8) is 0 Å². The molecule has 0 amide bonds. The van der Waals surface area contributed by atoms with E-state index in [1.165, 1.54) is 0 Å². The summed E-state index contributed by atoms with van der Waals surface area (Å²) in [5.74, 6) is 0.295. The summed E-state index contributed by atoms with van der Waals surface area (Å²) in [6.45, 7) is 2.30. The van der Waals surface area contributed by atoms with Crippen molar-refractivity contribution in [2.24, 2.45) is 17.8 Å². The lowest BCUT2D eigenvalue weighted by Gasteiger charge is -2.52. The van der Waals surface area contributed by atoms with E-state index in [1.807, 2.05) is 0 Å². The lowest BCUT2D eigenvalue weighted by molar-refractivity contribution is -0.324. The second-order valence-electron chi connectivity index (χ2n) is 4.83. The zero-order chi connectivity index (χ0) is 12.3. The standard InChI is InChI=1S/C12H20O5/c1-14-12(15-2)10-3-9(5-17-8-13)4-11(12)7-16-6-10/h8-11H,3-7H2,1-2H3. The summed E-state index contributed by atoms with van der Waals surface area (Å²) in [5.41, 5.74) is 0. The maximum Gasteiger partial charge on any atom is 0.293 e. The van der Waals surface area contributed by atoms with Gasteiger partial charge in [-0.3, -0.25) is 4.79 Å². The first-order chi connectivity index (χ1) is 8.26. The van der Waals surface area contributed by atoms with Gasteiger partial charge in [-0.15, -0.1) is 0 Å². The second-order valence-corrected chi connectivity index (χ2v) is 4.83. The van der Waals surface area contributed by atoms with Crippen LogP contribution < -0.4 is 0 Å². The van der Waals surface area contributed by atoms with Crippen molar-refractivity contribution >= 4 is 6.47 Å². The number of ether oxygens (including phenoxy) is 4. The minimum Gasteiger partial charge on any atom is -0.468 e. The molecule has 1 heterocycles. The molecule has 2 aliphatic rings. The molecule has 0 aromatic carbocycles. The molecule has 1 aliphatic heterocycles. The smallest absolute Gasteiger partial charge is 0.293 e. The van der Waals surface area contributed by atoms with Gasteiger partial charge in [-0.25, -0.2) is 0 Å². The number of rotatable bonds is 5. The van der Waals surface area contributed by atoms with Crippen molar-refractivity contribution in [2.45, 2.75) is 18.6 Å². The van der Waals surface area contributed by atoms with Crippen LogP contribution in [-0.4, -0.2) is 46.3 Å². The third-order valence-electron chi connectivity index (χ3n) is 4.05. The average Bonchev–Trinajstić information content (AvgIpc) is 2.35. The Morgan fingerprint density at radius 3 is 2.29 bits per heavy atom. The van der Waals surface area contributed by atoms with E-state index in [-0.39, 0.29) is 11.8 Å². The van der Waals surface area contributed by atoms with Gasteiger partial charge in [0.2, 0.25) is 0 Å². The molecule has 0 aromatic heterocycles. The van der Waals surface area contributed by atoms with Gasteiger partial charge in [-0.05, 0) is 18.8 Å². The van der Waals surface area contributed by atoms with Crippen LogP contribution in [-0.2, 0) is 23.7 Å². The second kappa shape index (κ2) is 5.33. The molecule has 2 rings (SSSR count). The molecule has 0 aromatic rings. The Morgan fingerprint density at radius 2 is 1.82 bits per heavy atom. The van der Waals surface area contributed by atoms with Crippen LogP contribution in [0.2, 0.25) is 0 Å².